The van der Waals surface area contributed by atoms with Crippen molar-refractivity contribution in [3.63, 3.8) is 0 Å². The predicted molar refractivity (Wildman–Crippen MR) is 52.8 cm³/mol. The molecular formula is C10H14F3N3. The van der Waals surface area contributed by atoms with Crippen molar-refractivity contribution >= 4 is 0 Å². The van der Waals surface area contributed by atoms with E-state index in [0.717, 1.165) is 18.9 Å². The summed E-state index contributed by atoms with van der Waals surface area (Å²) in [5, 5.41) is 5.76. The van der Waals surface area contributed by atoms with E-state index in [1.165, 1.54) is 0 Å². The van der Waals surface area contributed by atoms with E-state index >= 15 is 0 Å². The molecule has 0 amide bonds. The summed E-state index contributed by atoms with van der Waals surface area (Å²) in [6, 6.07) is 1.05. The third kappa shape index (κ3) is 1.61. The normalized spacial score (nSPS) is 19.9. The number of H-pyrrole nitrogens is 1. The molecule has 16 heavy (non-hydrogen) atoms. The number of nitrogens with zero attached hydrogens (tertiary/aromatic N) is 1. The van der Waals surface area contributed by atoms with Crippen LogP contribution in [0.15, 0.2) is 6.07 Å². The molecule has 1 saturated carbocycles. The van der Waals surface area contributed by atoms with Gasteiger partial charge in [0.25, 0.3) is 0 Å². The Morgan fingerprint density at radius 3 is 2.31 bits per heavy atom. The number of hydrogen-bond donors (Lipinski definition) is 2. The van der Waals surface area contributed by atoms with Gasteiger partial charge in [-0.25, -0.2) is 0 Å². The van der Waals surface area contributed by atoms with E-state index < -0.39 is 22.8 Å². The number of aromatic nitrogens is 2. The highest BCUT2D eigenvalue weighted by Crippen LogP contribution is 2.49. The van der Waals surface area contributed by atoms with Crippen LogP contribution < -0.4 is 5.73 Å². The molecule has 0 saturated heterocycles. The monoisotopic (exact) mass is 233 g/mol. The van der Waals surface area contributed by atoms with Crippen LogP contribution in [0.1, 0.15) is 38.1 Å². The highest BCUT2D eigenvalue weighted by atomic mass is 19.4. The molecule has 2 rings (SSSR count). The molecule has 1 fully saturated rings. The van der Waals surface area contributed by atoms with Gasteiger partial charge < -0.3 is 5.73 Å². The second-order valence-corrected chi connectivity index (χ2v) is 4.95. The van der Waals surface area contributed by atoms with E-state index in [0.29, 0.717) is 5.69 Å². The molecule has 3 N–H and O–H groups in total. The predicted octanol–water partition coefficient (Wildman–Crippen LogP) is 2.20. The summed E-state index contributed by atoms with van der Waals surface area (Å²) in [6.07, 6.45) is -2.73. The number of rotatable bonds is 2. The van der Waals surface area contributed by atoms with E-state index in [4.69, 9.17) is 5.73 Å². The van der Waals surface area contributed by atoms with Crippen LogP contribution in [0.5, 0.6) is 0 Å². The van der Waals surface area contributed by atoms with Gasteiger partial charge in [0, 0.05) is 11.0 Å². The van der Waals surface area contributed by atoms with Crippen molar-refractivity contribution in [1.82, 2.24) is 10.2 Å². The number of halogens is 3. The van der Waals surface area contributed by atoms with Gasteiger partial charge in [-0.3, -0.25) is 5.10 Å². The van der Waals surface area contributed by atoms with Crippen molar-refractivity contribution in [3.05, 3.63) is 17.5 Å². The first-order valence-electron chi connectivity index (χ1n) is 5.09. The lowest BCUT2D eigenvalue weighted by Crippen LogP contribution is -2.43. The average molecular weight is 233 g/mol. The molecule has 1 aromatic heterocycles. The van der Waals surface area contributed by atoms with Crippen molar-refractivity contribution in [2.75, 3.05) is 0 Å². The molecule has 1 aromatic rings. The highest BCUT2D eigenvalue weighted by Gasteiger charge is 2.53. The Kier molecular flexibility index (Phi) is 2.15. The summed E-state index contributed by atoms with van der Waals surface area (Å²) in [5.41, 5.74) is 4.65. The molecule has 1 aliphatic rings. The molecular weight excluding hydrogens is 219 g/mol. The summed E-state index contributed by atoms with van der Waals surface area (Å²) < 4.78 is 37.2. The maximum atomic E-state index is 12.4. The molecule has 1 heterocycles. The molecule has 6 heteroatoms. The minimum absolute atomic E-state index is 0.375. The first-order chi connectivity index (χ1) is 7.17. The van der Waals surface area contributed by atoms with Gasteiger partial charge in [-0.15, -0.1) is 0 Å². The average Bonchev–Trinajstić information content (AvgIpc) is 2.71. The molecule has 90 valence electrons. The van der Waals surface area contributed by atoms with Crippen LogP contribution in [0.4, 0.5) is 13.2 Å². The Balaban J connectivity index is 2.32. The Hall–Kier alpha value is -1.04. The Labute approximate surface area is 91.2 Å². The van der Waals surface area contributed by atoms with Gasteiger partial charge in [-0.1, -0.05) is 13.8 Å². The third-order valence-electron chi connectivity index (χ3n) is 3.56. The van der Waals surface area contributed by atoms with Crippen LogP contribution in [0, 0.1) is 0 Å². The molecule has 0 spiro atoms. The summed E-state index contributed by atoms with van der Waals surface area (Å²) in [6.45, 7) is 3.66. The topological polar surface area (TPSA) is 54.7 Å². The van der Waals surface area contributed by atoms with Crippen LogP contribution >= 0.6 is 0 Å². The lowest BCUT2D eigenvalue weighted by Gasteiger charge is -2.29. The molecule has 0 aliphatic heterocycles. The van der Waals surface area contributed by atoms with E-state index in [9.17, 15) is 13.2 Å². The second-order valence-electron chi connectivity index (χ2n) is 4.95. The summed E-state index contributed by atoms with van der Waals surface area (Å²) in [4.78, 5) is 0. The van der Waals surface area contributed by atoms with Crippen LogP contribution in [0.25, 0.3) is 0 Å². The molecule has 0 radical (unpaired) electrons. The fourth-order valence-electron chi connectivity index (χ4n) is 1.80. The van der Waals surface area contributed by atoms with Crippen molar-refractivity contribution in [1.29, 1.82) is 0 Å². The van der Waals surface area contributed by atoms with Crippen molar-refractivity contribution in [3.8, 4) is 0 Å². The van der Waals surface area contributed by atoms with Gasteiger partial charge in [0.2, 0.25) is 0 Å². The van der Waals surface area contributed by atoms with E-state index in [-0.39, 0.29) is 0 Å². The standard InChI is InChI=1S/C10H14F3N3/c1-8(2,9(14)3-4-9)6-5-7(16-15-6)10(11,12)13/h5H,3-4,14H2,1-2H3,(H,15,16). The van der Waals surface area contributed by atoms with E-state index in [1.54, 1.807) is 0 Å². The van der Waals surface area contributed by atoms with Crippen molar-refractivity contribution in [2.24, 2.45) is 5.73 Å². The Bertz CT molecular complexity index is 402. The highest BCUT2D eigenvalue weighted by molar-refractivity contribution is 5.28. The maximum absolute atomic E-state index is 12.4. The fraction of sp³-hybridized carbons (Fsp3) is 0.700. The number of hydrogen-bond acceptors (Lipinski definition) is 2. The number of aromatic amines is 1. The van der Waals surface area contributed by atoms with Crippen LogP contribution in [0.2, 0.25) is 0 Å². The van der Waals surface area contributed by atoms with Gasteiger partial charge in [0.1, 0.15) is 5.69 Å². The van der Waals surface area contributed by atoms with E-state index in [2.05, 4.69) is 5.10 Å². The summed E-state index contributed by atoms with van der Waals surface area (Å²) in [5.74, 6) is 0. The van der Waals surface area contributed by atoms with Crippen LogP contribution in [-0.4, -0.2) is 15.7 Å². The smallest absolute Gasteiger partial charge is 0.324 e. The summed E-state index contributed by atoms with van der Waals surface area (Å²) >= 11 is 0. The SMILES string of the molecule is CC(C)(c1cc(C(F)(F)F)[nH]n1)C1(N)CC1. The summed E-state index contributed by atoms with van der Waals surface area (Å²) in [7, 11) is 0. The van der Waals surface area contributed by atoms with E-state index in [1.807, 2.05) is 18.9 Å². The van der Waals surface area contributed by atoms with Gasteiger partial charge in [0.15, 0.2) is 0 Å². The first kappa shape index (κ1) is 11.4. The Morgan fingerprint density at radius 1 is 1.38 bits per heavy atom. The largest absolute Gasteiger partial charge is 0.432 e. The quantitative estimate of drug-likeness (QED) is 0.822. The van der Waals surface area contributed by atoms with Gasteiger partial charge >= 0.3 is 6.18 Å². The molecule has 0 aromatic carbocycles. The second kappa shape index (κ2) is 3.00. The third-order valence-corrected chi connectivity index (χ3v) is 3.56. The lowest BCUT2D eigenvalue weighted by atomic mass is 9.79. The molecule has 0 atom stereocenters. The number of nitrogens with one attached hydrogen (secondary N) is 1. The molecule has 0 bridgehead atoms. The van der Waals surface area contributed by atoms with Gasteiger partial charge in [-0.2, -0.15) is 18.3 Å². The minimum Gasteiger partial charge on any atom is -0.324 e. The lowest BCUT2D eigenvalue weighted by molar-refractivity contribution is -0.141. The number of nitrogens with two attached hydrogens (primary N) is 1. The zero-order valence-electron chi connectivity index (χ0n) is 9.15. The molecule has 1 aliphatic carbocycles. The van der Waals surface area contributed by atoms with Crippen molar-refractivity contribution in [2.45, 2.75) is 43.8 Å². The van der Waals surface area contributed by atoms with Crippen molar-refractivity contribution < 1.29 is 13.2 Å². The van der Waals surface area contributed by atoms with Gasteiger partial charge in [0.05, 0.1) is 5.69 Å². The zero-order chi connectivity index (χ0) is 12.2. The minimum atomic E-state index is -4.38. The maximum Gasteiger partial charge on any atom is 0.432 e. The Morgan fingerprint density at radius 2 is 1.94 bits per heavy atom. The molecule has 3 nitrogen and oxygen atoms in total. The first-order valence-corrected chi connectivity index (χ1v) is 5.09. The van der Waals surface area contributed by atoms with Crippen LogP contribution in [0.3, 0.4) is 0 Å². The fourth-order valence-corrected chi connectivity index (χ4v) is 1.80. The zero-order valence-corrected chi connectivity index (χ0v) is 9.15. The van der Waals surface area contributed by atoms with Gasteiger partial charge in [-0.05, 0) is 18.9 Å². The van der Waals surface area contributed by atoms with Crippen LogP contribution in [-0.2, 0) is 11.6 Å². The number of alkyl halides is 3. The molecule has 0 unspecified atom stereocenters.